The SMILES string of the molecule is COc1c(C)c2c(c(O)c1C/C=C(\C)CCC(=O)NC[C@@H]1C[C@H]3C=C[C@@H]1C3)C(=O)OC2. The number of rotatable bonds is 8. The van der Waals surface area contributed by atoms with Gasteiger partial charge in [0.15, 0.2) is 0 Å². The molecule has 1 aromatic rings. The maximum atomic E-state index is 12.3. The van der Waals surface area contributed by atoms with E-state index in [0.29, 0.717) is 48.0 Å². The van der Waals surface area contributed by atoms with Gasteiger partial charge >= 0.3 is 5.97 Å². The van der Waals surface area contributed by atoms with E-state index in [0.717, 1.165) is 23.6 Å². The van der Waals surface area contributed by atoms with Crippen molar-refractivity contribution >= 4 is 11.9 Å². The zero-order valence-corrected chi connectivity index (χ0v) is 18.5. The van der Waals surface area contributed by atoms with Crippen LogP contribution in [-0.4, -0.2) is 30.6 Å². The van der Waals surface area contributed by atoms with Crippen molar-refractivity contribution < 1.29 is 24.2 Å². The molecule has 0 radical (unpaired) electrons. The molecule has 0 spiro atoms. The zero-order valence-electron chi connectivity index (χ0n) is 18.5. The highest BCUT2D eigenvalue weighted by Crippen LogP contribution is 2.43. The number of nitrogens with one attached hydrogen (secondary N) is 1. The summed E-state index contributed by atoms with van der Waals surface area (Å²) in [5.74, 6) is 2.04. The molecular formula is C25H31NO5. The fraction of sp³-hybridized carbons (Fsp3) is 0.520. The molecule has 2 aliphatic carbocycles. The monoisotopic (exact) mass is 425 g/mol. The van der Waals surface area contributed by atoms with Crippen molar-refractivity contribution in [3.63, 3.8) is 0 Å². The lowest BCUT2D eigenvalue weighted by molar-refractivity contribution is -0.121. The number of benzene rings is 1. The Morgan fingerprint density at radius 1 is 1.32 bits per heavy atom. The Morgan fingerprint density at radius 3 is 2.81 bits per heavy atom. The molecule has 31 heavy (non-hydrogen) atoms. The van der Waals surface area contributed by atoms with Gasteiger partial charge in [0.25, 0.3) is 0 Å². The lowest BCUT2D eigenvalue weighted by Crippen LogP contribution is -2.30. The highest BCUT2D eigenvalue weighted by atomic mass is 16.5. The first-order valence-electron chi connectivity index (χ1n) is 11.1. The van der Waals surface area contributed by atoms with Crippen molar-refractivity contribution in [3.05, 3.63) is 46.1 Å². The van der Waals surface area contributed by atoms with Gasteiger partial charge in [-0.1, -0.05) is 23.8 Å². The maximum Gasteiger partial charge on any atom is 0.342 e. The molecule has 3 atom stereocenters. The summed E-state index contributed by atoms with van der Waals surface area (Å²) in [6, 6.07) is 0. The molecule has 1 heterocycles. The number of carbonyl (C=O) groups excluding carboxylic acids is 2. The molecule has 6 heteroatoms. The van der Waals surface area contributed by atoms with E-state index in [1.165, 1.54) is 12.8 Å². The minimum atomic E-state index is -0.497. The fourth-order valence-electron chi connectivity index (χ4n) is 5.18. The number of phenolic OH excluding ortho intramolecular Hbond substituents is 1. The molecule has 166 valence electrons. The molecule has 6 nitrogen and oxygen atoms in total. The number of esters is 1. The van der Waals surface area contributed by atoms with E-state index in [2.05, 4.69) is 17.5 Å². The van der Waals surface area contributed by atoms with Crippen LogP contribution in [0, 0.1) is 24.7 Å². The lowest BCUT2D eigenvalue weighted by Gasteiger charge is -2.18. The smallest absolute Gasteiger partial charge is 0.342 e. The number of phenols is 1. The third-order valence-electron chi connectivity index (χ3n) is 7.03. The second-order valence-electron chi connectivity index (χ2n) is 9.01. The lowest BCUT2D eigenvalue weighted by atomic mass is 9.93. The fourth-order valence-corrected chi connectivity index (χ4v) is 5.18. The van der Waals surface area contributed by atoms with Crippen molar-refractivity contribution in [2.45, 2.75) is 52.6 Å². The van der Waals surface area contributed by atoms with E-state index < -0.39 is 5.97 Å². The van der Waals surface area contributed by atoms with Crippen LogP contribution in [0.3, 0.4) is 0 Å². The second-order valence-corrected chi connectivity index (χ2v) is 9.01. The third kappa shape index (κ3) is 4.21. The number of allylic oxidation sites excluding steroid dienone is 4. The average molecular weight is 426 g/mol. The maximum absolute atomic E-state index is 12.3. The molecule has 2 N–H and O–H groups in total. The van der Waals surface area contributed by atoms with Crippen LogP contribution in [0.2, 0.25) is 0 Å². The number of amides is 1. The molecule has 2 bridgehead atoms. The molecule has 1 saturated carbocycles. The number of hydrogen-bond acceptors (Lipinski definition) is 5. The zero-order chi connectivity index (χ0) is 22.1. The van der Waals surface area contributed by atoms with Gasteiger partial charge in [-0.2, -0.15) is 0 Å². The Morgan fingerprint density at radius 2 is 2.13 bits per heavy atom. The molecule has 4 rings (SSSR count). The quantitative estimate of drug-likeness (QED) is 0.486. The van der Waals surface area contributed by atoms with Crippen molar-refractivity contribution in [1.29, 1.82) is 0 Å². The summed E-state index contributed by atoms with van der Waals surface area (Å²) in [5, 5.41) is 13.8. The third-order valence-corrected chi connectivity index (χ3v) is 7.03. The second kappa shape index (κ2) is 8.77. The highest BCUT2D eigenvalue weighted by Gasteiger charge is 2.35. The minimum Gasteiger partial charge on any atom is -0.507 e. The predicted octanol–water partition coefficient (Wildman–Crippen LogP) is 3.98. The molecule has 0 saturated heterocycles. The van der Waals surface area contributed by atoms with Crippen LogP contribution < -0.4 is 10.1 Å². The normalized spacial score (nSPS) is 23.8. The Hall–Kier alpha value is -2.76. The number of hydrogen-bond donors (Lipinski definition) is 2. The Balaban J connectivity index is 1.34. The van der Waals surface area contributed by atoms with Gasteiger partial charge in [0.1, 0.15) is 23.7 Å². The van der Waals surface area contributed by atoms with Gasteiger partial charge in [0, 0.05) is 24.1 Å². The number of aromatic hydroxyl groups is 1. The first kappa shape index (κ1) is 21.5. The van der Waals surface area contributed by atoms with Gasteiger partial charge in [-0.3, -0.25) is 4.79 Å². The van der Waals surface area contributed by atoms with Gasteiger partial charge in [0.05, 0.1) is 7.11 Å². The summed E-state index contributed by atoms with van der Waals surface area (Å²) in [4.78, 5) is 24.3. The first-order valence-corrected chi connectivity index (χ1v) is 11.1. The Bertz CT molecular complexity index is 961. The summed E-state index contributed by atoms with van der Waals surface area (Å²) >= 11 is 0. The topological polar surface area (TPSA) is 84.9 Å². The van der Waals surface area contributed by atoms with Crippen LogP contribution in [0.25, 0.3) is 0 Å². The average Bonchev–Trinajstić information content (AvgIpc) is 3.48. The summed E-state index contributed by atoms with van der Waals surface area (Å²) in [6.07, 6.45) is 10.6. The molecule has 1 fully saturated rings. The van der Waals surface area contributed by atoms with Crippen molar-refractivity contribution in [3.8, 4) is 11.5 Å². The van der Waals surface area contributed by atoms with Gasteiger partial charge in [0.2, 0.25) is 5.91 Å². The van der Waals surface area contributed by atoms with Crippen molar-refractivity contribution in [1.82, 2.24) is 5.32 Å². The van der Waals surface area contributed by atoms with Crippen LogP contribution in [0.4, 0.5) is 0 Å². The van der Waals surface area contributed by atoms with E-state index in [-0.39, 0.29) is 23.8 Å². The first-order chi connectivity index (χ1) is 14.9. The summed E-state index contributed by atoms with van der Waals surface area (Å²) in [5.41, 5.74) is 3.38. The van der Waals surface area contributed by atoms with Crippen LogP contribution >= 0.6 is 0 Å². The van der Waals surface area contributed by atoms with Crippen LogP contribution in [0.1, 0.15) is 59.7 Å². The summed E-state index contributed by atoms with van der Waals surface area (Å²) in [6.45, 7) is 4.77. The van der Waals surface area contributed by atoms with Gasteiger partial charge in [-0.05, 0) is 62.8 Å². The van der Waals surface area contributed by atoms with E-state index in [1.807, 2.05) is 19.9 Å². The molecule has 1 aromatic carbocycles. The van der Waals surface area contributed by atoms with Crippen LogP contribution in [0.5, 0.6) is 11.5 Å². The molecule has 0 unspecified atom stereocenters. The molecule has 0 aromatic heterocycles. The predicted molar refractivity (Wildman–Crippen MR) is 117 cm³/mol. The van der Waals surface area contributed by atoms with E-state index in [1.54, 1.807) is 7.11 Å². The largest absolute Gasteiger partial charge is 0.507 e. The number of carbonyl (C=O) groups is 2. The Labute approximate surface area is 183 Å². The highest BCUT2D eigenvalue weighted by molar-refractivity contribution is 5.98. The number of methoxy groups -OCH3 is 1. The Kier molecular flexibility index (Phi) is 6.08. The molecule has 1 amide bonds. The van der Waals surface area contributed by atoms with Crippen molar-refractivity contribution in [2.75, 3.05) is 13.7 Å². The summed E-state index contributed by atoms with van der Waals surface area (Å²) in [7, 11) is 1.56. The summed E-state index contributed by atoms with van der Waals surface area (Å²) < 4.78 is 10.6. The van der Waals surface area contributed by atoms with Crippen LogP contribution in [-0.2, 0) is 22.6 Å². The molecule has 3 aliphatic rings. The minimum absolute atomic E-state index is 0.0679. The van der Waals surface area contributed by atoms with Crippen molar-refractivity contribution in [2.24, 2.45) is 17.8 Å². The number of ether oxygens (including phenoxy) is 2. The van der Waals surface area contributed by atoms with Crippen LogP contribution in [0.15, 0.2) is 23.8 Å². The van der Waals surface area contributed by atoms with Gasteiger partial charge in [-0.15, -0.1) is 0 Å². The molecular weight excluding hydrogens is 394 g/mol. The van der Waals surface area contributed by atoms with E-state index in [4.69, 9.17) is 9.47 Å². The standard InChI is InChI=1S/C25H31NO5/c1-14(5-9-21(27)26-12-18-11-16-6-7-17(18)10-16)4-8-19-23(28)22-20(13-31-25(22)29)15(2)24(19)30-3/h4,6-7,16-18,28H,5,8-13H2,1-3H3,(H,26,27)/b14-4+/t16-,17+,18-/m0/s1. The van der Waals surface area contributed by atoms with E-state index in [9.17, 15) is 14.7 Å². The number of cyclic esters (lactones) is 1. The van der Waals surface area contributed by atoms with Gasteiger partial charge in [-0.25, -0.2) is 4.79 Å². The van der Waals surface area contributed by atoms with E-state index >= 15 is 0 Å². The van der Waals surface area contributed by atoms with Gasteiger partial charge < -0.3 is 19.9 Å². The number of fused-ring (bicyclic) bond motifs is 3. The molecule has 1 aliphatic heterocycles.